The van der Waals surface area contributed by atoms with E-state index in [4.69, 9.17) is 9.47 Å². The number of ketones is 1. The Labute approximate surface area is 110 Å². The number of esters is 1. The van der Waals surface area contributed by atoms with E-state index in [1.807, 2.05) is 30.3 Å². The molecule has 0 fully saturated rings. The summed E-state index contributed by atoms with van der Waals surface area (Å²) in [5.74, 6) is -1.87. The van der Waals surface area contributed by atoms with Gasteiger partial charge in [-0.05, 0) is 12.5 Å². The highest BCUT2D eigenvalue weighted by Gasteiger charge is 2.30. The summed E-state index contributed by atoms with van der Waals surface area (Å²) < 4.78 is 15.1. The Morgan fingerprint density at radius 3 is 2.68 bits per heavy atom. The van der Waals surface area contributed by atoms with Gasteiger partial charge in [-0.2, -0.15) is 0 Å². The molecule has 5 heteroatoms. The average molecular weight is 262 g/mol. The fraction of sp³-hybridized carbons (Fsp3) is 0.286. The number of carbonyl (C=O) groups excluding carboxylic acids is 2. The minimum Gasteiger partial charge on any atom is -0.460 e. The van der Waals surface area contributed by atoms with Crippen molar-refractivity contribution in [2.24, 2.45) is 0 Å². The first-order valence-corrected chi connectivity index (χ1v) is 5.98. The number of rotatable bonds is 5. The van der Waals surface area contributed by atoms with Crippen LogP contribution in [-0.4, -0.2) is 24.6 Å². The van der Waals surface area contributed by atoms with Crippen LogP contribution < -0.4 is 0 Å². The summed E-state index contributed by atoms with van der Waals surface area (Å²) in [6.45, 7) is 1.77. The van der Waals surface area contributed by atoms with Gasteiger partial charge >= 0.3 is 11.8 Å². The van der Waals surface area contributed by atoms with Crippen molar-refractivity contribution >= 4 is 11.8 Å². The smallest absolute Gasteiger partial charge is 0.383 e. The van der Waals surface area contributed by atoms with Gasteiger partial charge in [-0.1, -0.05) is 30.3 Å². The Balaban J connectivity index is 1.89. The second-order valence-corrected chi connectivity index (χ2v) is 3.90. The van der Waals surface area contributed by atoms with Crippen LogP contribution in [0.1, 0.15) is 12.5 Å². The molecule has 1 atom stereocenters. The van der Waals surface area contributed by atoms with Crippen molar-refractivity contribution in [1.82, 2.24) is 0 Å². The van der Waals surface area contributed by atoms with E-state index in [0.717, 1.165) is 11.8 Å². The molecule has 0 aromatic heterocycles. The first-order valence-electron chi connectivity index (χ1n) is 5.98. The van der Waals surface area contributed by atoms with Crippen molar-refractivity contribution in [3.8, 4) is 0 Å². The average Bonchev–Trinajstić information content (AvgIpc) is 2.88. The molecule has 1 aromatic carbocycles. The molecule has 1 aliphatic rings. The molecule has 2 rings (SSSR count). The summed E-state index contributed by atoms with van der Waals surface area (Å²) in [6.07, 6.45) is 1.07. The maximum atomic E-state index is 11.6. The highest BCUT2D eigenvalue weighted by Crippen LogP contribution is 2.19. The SMILES string of the molecule is CCOC(=O)C(=O)C1=COC(Cc2ccccc2)O1. The Bertz CT molecular complexity index is 492. The molecule has 19 heavy (non-hydrogen) atoms. The van der Waals surface area contributed by atoms with Crippen LogP contribution >= 0.6 is 0 Å². The Hall–Kier alpha value is -2.30. The van der Waals surface area contributed by atoms with Crippen molar-refractivity contribution in [2.75, 3.05) is 6.61 Å². The number of carbonyl (C=O) groups is 2. The molecule has 0 amide bonds. The van der Waals surface area contributed by atoms with Gasteiger partial charge in [0, 0.05) is 6.42 Å². The van der Waals surface area contributed by atoms with Gasteiger partial charge < -0.3 is 14.2 Å². The molecule has 100 valence electrons. The zero-order chi connectivity index (χ0) is 13.7. The van der Waals surface area contributed by atoms with Crippen LogP contribution in [0.5, 0.6) is 0 Å². The lowest BCUT2D eigenvalue weighted by Gasteiger charge is -2.11. The van der Waals surface area contributed by atoms with Gasteiger partial charge in [0.25, 0.3) is 0 Å². The largest absolute Gasteiger partial charge is 0.460 e. The first kappa shape index (κ1) is 13.1. The second-order valence-electron chi connectivity index (χ2n) is 3.90. The number of hydrogen-bond donors (Lipinski definition) is 0. The van der Waals surface area contributed by atoms with Crippen LogP contribution in [0.3, 0.4) is 0 Å². The lowest BCUT2D eigenvalue weighted by Crippen LogP contribution is -2.21. The third-order valence-corrected chi connectivity index (χ3v) is 2.52. The predicted molar refractivity (Wildman–Crippen MR) is 65.8 cm³/mol. The van der Waals surface area contributed by atoms with E-state index in [9.17, 15) is 9.59 Å². The number of hydrogen-bond acceptors (Lipinski definition) is 5. The minimum atomic E-state index is -0.933. The van der Waals surface area contributed by atoms with E-state index in [1.165, 1.54) is 0 Å². The van der Waals surface area contributed by atoms with Crippen LogP contribution in [-0.2, 0) is 30.2 Å². The van der Waals surface area contributed by atoms with Crippen LogP contribution in [0, 0.1) is 0 Å². The van der Waals surface area contributed by atoms with Gasteiger partial charge in [0.2, 0.25) is 12.0 Å². The Kier molecular flexibility index (Phi) is 4.18. The van der Waals surface area contributed by atoms with Gasteiger partial charge in [0.05, 0.1) is 6.61 Å². The molecule has 5 nitrogen and oxygen atoms in total. The number of Topliss-reactive ketones (excluding diaryl/α,β-unsaturated/α-hetero) is 1. The summed E-state index contributed by atoms with van der Waals surface area (Å²) in [4.78, 5) is 22.8. The highest BCUT2D eigenvalue weighted by molar-refractivity contribution is 6.39. The zero-order valence-electron chi connectivity index (χ0n) is 10.5. The van der Waals surface area contributed by atoms with Crippen LogP contribution in [0.2, 0.25) is 0 Å². The van der Waals surface area contributed by atoms with E-state index in [2.05, 4.69) is 4.74 Å². The molecule has 0 radical (unpaired) electrons. The maximum absolute atomic E-state index is 11.6. The fourth-order valence-electron chi connectivity index (χ4n) is 1.64. The third kappa shape index (κ3) is 3.34. The van der Waals surface area contributed by atoms with Gasteiger partial charge in [-0.3, -0.25) is 4.79 Å². The van der Waals surface area contributed by atoms with Crippen LogP contribution in [0.25, 0.3) is 0 Å². The molecule has 0 bridgehead atoms. The number of benzene rings is 1. The van der Waals surface area contributed by atoms with Crippen LogP contribution in [0.15, 0.2) is 42.4 Å². The molecule has 1 heterocycles. The normalized spacial score (nSPS) is 17.1. The van der Waals surface area contributed by atoms with Crippen molar-refractivity contribution in [1.29, 1.82) is 0 Å². The molecule has 0 N–H and O–H groups in total. The second kappa shape index (κ2) is 6.04. The highest BCUT2D eigenvalue weighted by atomic mass is 16.7. The van der Waals surface area contributed by atoms with Crippen molar-refractivity contribution in [3.05, 3.63) is 47.9 Å². The summed E-state index contributed by atoms with van der Waals surface area (Å²) in [6, 6.07) is 9.58. The Morgan fingerprint density at radius 1 is 1.26 bits per heavy atom. The van der Waals surface area contributed by atoms with E-state index >= 15 is 0 Å². The summed E-state index contributed by atoms with van der Waals surface area (Å²) >= 11 is 0. The molecule has 1 aliphatic heterocycles. The molecule has 1 aromatic rings. The van der Waals surface area contributed by atoms with Crippen LogP contribution in [0.4, 0.5) is 0 Å². The standard InChI is InChI=1S/C14H14O5/c1-2-17-14(16)13(15)11-9-18-12(19-11)8-10-6-4-3-5-7-10/h3-7,9,12H,2,8H2,1H3. The quantitative estimate of drug-likeness (QED) is 0.595. The lowest BCUT2D eigenvalue weighted by atomic mass is 10.1. The van der Waals surface area contributed by atoms with Gasteiger partial charge in [0.15, 0.2) is 0 Å². The van der Waals surface area contributed by atoms with Gasteiger partial charge in [0.1, 0.15) is 6.26 Å². The van der Waals surface area contributed by atoms with E-state index in [-0.39, 0.29) is 12.4 Å². The van der Waals surface area contributed by atoms with Crippen molar-refractivity contribution in [3.63, 3.8) is 0 Å². The molecule has 0 saturated heterocycles. The monoisotopic (exact) mass is 262 g/mol. The van der Waals surface area contributed by atoms with E-state index in [1.54, 1.807) is 6.92 Å². The minimum absolute atomic E-state index is 0.112. The molecule has 1 unspecified atom stereocenters. The Morgan fingerprint density at radius 2 is 2.00 bits per heavy atom. The first-order chi connectivity index (χ1) is 9.20. The molecule has 0 saturated carbocycles. The molecular weight excluding hydrogens is 248 g/mol. The topological polar surface area (TPSA) is 61.8 Å². The van der Waals surface area contributed by atoms with Crippen molar-refractivity contribution in [2.45, 2.75) is 19.6 Å². The fourth-order valence-corrected chi connectivity index (χ4v) is 1.64. The summed E-state index contributed by atoms with van der Waals surface area (Å²) in [7, 11) is 0. The zero-order valence-corrected chi connectivity index (χ0v) is 10.5. The lowest BCUT2D eigenvalue weighted by molar-refractivity contribution is -0.153. The maximum Gasteiger partial charge on any atom is 0.383 e. The van der Waals surface area contributed by atoms with E-state index < -0.39 is 18.0 Å². The molecular formula is C14H14O5. The predicted octanol–water partition coefficient (Wildman–Crippen LogP) is 1.58. The van der Waals surface area contributed by atoms with E-state index in [0.29, 0.717) is 6.42 Å². The molecule has 0 aliphatic carbocycles. The molecule has 0 spiro atoms. The summed E-state index contributed by atoms with van der Waals surface area (Å²) in [5.41, 5.74) is 1.02. The van der Waals surface area contributed by atoms with Gasteiger partial charge in [-0.25, -0.2) is 4.79 Å². The third-order valence-electron chi connectivity index (χ3n) is 2.52. The number of ether oxygens (including phenoxy) is 3. The summed E-state index contributed by atoms with van der Waals surface area (Å²) in [5, 5.41) is 0. The van der Waals surface area contributed by atoms with Crippen molar-refractivity contribution < 1.29 is 23.8 Å². The van der Waals surface area contributed by atoms with Gasteiger partial charge in [-0.15, -0.1) is 0 Å².